The van der Waals surface area contributed by atoms with E-state index in [-0.39, 0.29) is 11.2 Å². The van der Waals surface area contributed by atoms with Crippen molar-refractivity contribution in [3.8, 4) is 0 Å². The van der Waals surface area contributed by atoms with Crippen LogP contribution in [0.1, 0.15) is 19.8 Å². The van der Waals surface area contributed by atoms with Crippen LogP contribution in [0.25, 0.3) is 0 Å². The van der Waals surface area contributed by atoms with Gasteiger partial charge in [-0.05, 0) is 25.6 Å². The van der Waals surface area contributed by atoms with E-state index in [1.807, 2.05) is 6.26 Å². The Morgan fingerprint density at radius 2 is 2.11 bits per heavy atom. The van der Waals surface area contributed by atoms with Gasteiger partial charge >= 0.3 is 11.9 Å². The Morgan fingerprint density at radius 3 is 2.63 bits per heavy atom. The average Bonchev–Trinajstić information content (AvgIpc) is 2.87. The van der Waals surface area contributed by atoms with Gasteiger partial charge in [-0.2, -0.15) is 11.8 Å². The summed E-state index contributed by atoms with van der Waals surface area (Å²) in [7, 11) is 0. The molecular formula is C12H19NO4S2. The number of esters is 2. The van der Waals surface area contributed by atoms with Gasteiger partial charge in [0.2, 0.25) is 0 Å². The molecule has 1 rings (SSSR count). The van der Waals surface area contributed by atoms with Crippen LogP contribution in [0.15, 0.2) is 0 Å². The first-order chi connectivity index (χ1) is 9.04. The number of hydrogen-bond acceptors (Lipinski definition) is 7. The van der Waals surface area contributed by atoms with E-state index in [0.29, 0.717) is 17.9 Å². The molecular weight excluding hydrogens is 286 g/mol. The summed E-state index contributed by atoms with van der Waals surface area (Å²) in [6, 6.07) is -0.362. The van der Waals surface area contributed by atoms with Crippen LogP contribution in [0, 0.1) is 5.92 Å². The molecule has 0 amide bonds. The van der Waals surface area contributed by atoms with Gasteiger partial charge in [-0.15, -0.1) is 0 Å². The highest BCUT2D eigenvalue weighted by atomic mass is 32.2. The molecule has 1 fully saturated rings. The van der Waals surface area contributed by atoms with E-state index in [4.69, 9.17) is 4.74 Å². The Morgan fingerprint density at radius 1 is 1.37 bits per heavy atom. The summed E-state index contributed by atoms with van der Waals surface area (Å²) in [5, 5.41) is 2.95. The van der Waals surface area contributed by atoms with Crippen molar-refractivity contribution in [3.63, 3.8) is 0 Å². The van der Waals surface area contributed by atoms with Gasteiger partial charge in [-0.3, -0.25) is 9.59 Å². The number of nitrogens with one attached hydrogen (secondary N) is 1. The number of rotatable bonds is 6. The third kappa shape index (κ3) is 5.97. The SMILES string of the molecule is CSCC(CSC(C)=O)C(=O)OC(=O)[C@@H]1CCCN1. The summed E-state index contributed by atoms with van der Waals surface area (Å²) in [6.45, 7) is 2.24. The van der Waals surface area contributed by atoms with Gasteiger partial charge in [0.05, 0.1) is 5.92 Å². The number of hydrogen-bond donors (Lipinski definition) is 1. The van der Waals surface area contributed by atoms with Crippen molar-refractivity contribution in [2.75, 3.05) is 24.3 Å². The highest BCUT2D eigenvalue weighted by molar-refractivity contribution is 8.13. The average molecular weight is 305 g/mol. The Labute approximate surface area is 121 Å². The Balaban J connectivity index is 2.45. The van der Waals surface area contributed by atoms with E-state index in [2.05, 4.69) is 5.32 Å². The largest absolute Gasteiger partial charge is 0.392 e. The second kappa shape index (κ2) is 8.60. The fraction of sp³-hybridized carbons (Fsp3) is 0.750. The first-order valence-corrected chi connectivity index (χ1v) is 8.53. The zero-order valence-corrected chi connectivity index (χ0v) is 12.8. The number of carbonyl (C=O) groups is 3. The molecule has 0 bridgehead atoms. The van der Waals surface area contributed by atoms with Crippen LogP contribution in [-0.4, -0.2) is 47.4 Å². The minimum absolute atomic E-state index is 0.0392. The fourth-order valence-corrected chi connectivity index (χ4v) is 3.24. The molecule has 0 aliphatic carbocycles. The van der Waals surface area contributed by atoms with Crippen LogP contribution >= 0.6 is 23.5 Å². The lowest BCUT2D eigenvalue weighted by atomic mass is 10.2. The highest BCUT2D eigenvalue weighted by Gasteiger charge is 2.29. The van der Waals surface area contributed by atoms with Crippen LogP contribution in [0.5, 0.6) is 0 Å². The predicted molar refractivity (Wildman–Crippen MR) is 77.1 cm³/mol. The molecule has 1 heterocycles. The maximum Gasteiger partial charge on any atom is 0.330 e. The maximum atomic E-state index is 11.9. The van der Waals surface area contributed by atoms with Crippen molar-refractivity contribution in [1.82, 2.24) is 5.32 Å². The zero-order chi connectivity index (χ0) is 14.3. The van der Waals surface area contributed by atoms with Gasteiger partial charge in [-0.1, -0.05) is 11.8 Å². The van der Waals surface area contributed by atoms with Crippen molar-refractivity contribution >= 4 is 40.6 Å². The molecule has 2 atom stereocenters. The van der Waals surface area contributed by atoms with E-state index in [9.17, 15) is 14.4 Å². The van der Waals surface area contributed by atoms with Crippen molar-refractivity contribution in [2.24, 2.45) is 5.92 Å². The normalized spacial score (nSPS) is 20.0. The molecule has 1 aliphatic rings. The molecule has 0 spiro atoms. The van der Waals surface area contributed by atoms with Gasteiger partial charge < -0.3 is 10.1 Å². The molecule has 1 unspecified atom stereocenters. The summed E-state index contributed by atoms with van der Waals surface area (Å²) in [5.41, 5.74) is 0. The summed E-state index contributed by atoms with van der Waals surface area (Å²) in [6.07, 6.45) is 3.50. The zero-order valence-electron chi connectivity index (χ0n) is 11.1. The van der Waals surface area contributed by atoms with Crippen molar-refractivity contribution in [1.29, 1.82) is 0 Å². The third-order valence-electron chi connectivity index (χ3n) is 2.73. The lowest BCUT2D eigenvalue weighted by molar-refractivity contribution is -0.162. The van der Waals surface area contributed by atoms with Crippen LogP contribution in [0.4, 0.5) is 0 Å². The molecule has 19 heavy (non-hydrogen) atoms. The van der Waals surface area contributed by atoms with Gasteiger partial charge in [0.15, 0.2) is 5.12 Å². The molecule has 0 aromatic rings. The summed E-state index contributed by atoms with van der Waals surface area (Å²) < 4.78 is 4.90. The second-order valence-electron chi connectivity index (χ2n) is 4.34. The van der Waals surface area contributed by atoms with E-state index in [1.165, 1.54) is 18.7 Å². The summed E-state index contributed by atoms with van der Waals surface area (Å²) in [5.74, 6) is -0.539. The topological polar surface area (TPSA) is 72.5 Å². The second-order valence-corrected chi connectivity index (χ2v) is 6.45. The van der Waals surface area contributed by atoms with Crippen molar-refractivity contribution in [2.45, 2.75) is 25.8 Å². The van der Waals surface area contributed by atoms with E-state index in [0.717, 1.165) is 24.7 Å². The Kier molecular flexibility index (Phi) is 7.48. The molecule has 1 N–H and O–H groups in total. The Bertz CT molecular complexity index is 343. The maximum absolute atomic E-state index is 11.9. The van der Waals surface area contributed by atoms with Crippen LogP contribution in [-0.2, 0) is 19.1 Å². The molecule has 0 radical (unpaired) electrons. The van der Waals surface area contributed by atoms with Gasteiger partial charge in [0.25, 0.3) is 0 Å². The highest BCUT2D eigenvalue weighted by Crippen LogP contribution is 2.16. The third-order valence-corrected chi connectivity index (χ3v) is 4.45. The van der Waals surface area contributed by atoms with E-state index < -0.39 is 17.9 Å². The monoisotopic (exact) mass is 305 g/mol. The molecule has 7 heteroatoms. The van der Waals surface area contributed by atoms with Crippen LogP contribution in [0.2, 0.25) is 0 Å². The van der Waals surface area contributed by atoms with Gasteiger partial charge in [0.1, 0.15) is 6.04 Å². The van der Waals surface area contributed by atoms with Crippen molar-refractivity contribution < 1.29 is 19.1 Å². The first kappa shape index (κ1) is 16.5. The summed E-state index contributed by atoms with van der Waals surface area (Å²) in [4.78, 5) is 34.6. The molecule has 5 nitrogen and oxygen atoms in total. The number of ether oxygens (including phenoxy) is 1. The standard InChI is InChI=1S/C12H19NO4S2/c1-8(14)19-7-9(6-18-2)11(15)17-12(16)10-4-3-5-13-10/h9-10,13H,3-7H2,1-2H3/t9?,10-/m0/s1. The van der Waals surface area contributed by atoms with Gasteiger partial charge in [0, 0.05) is 18.4 Å². The molecule has 0 aromatic carbocycles. The minimum Gasteiger partial charge on any atom is -0.392 e. The molecule has 1 saturated heterocycles. The van der Waals surface area contributed by atoms with Gasteiger partial charge in [-0.25, -0.2) is 4.79 Å². The minimum atomic E-state index is -0.526. The molecule has 0 aromatic heterocycles. The van der Waals surface area contributed by atoms with E-state index in [1.54, 1.807) is 0 Å². The van der Waals surface area contributed by atoms with E-state index >= 15 is 0 Å². The number of thioether (sulfide) groups is 2. The molecule has 108 valence electrons. The number of carbonyl (C=O) groups excluding carboxylic acids is 3. The van der Waals surface area contributed by atoms with Crippen molar-refractivity contribution in [3.05, 3.63) is 0 Å². The fourth-order valence-electron chi connectivity index (χ4n) is 1.74. The predicted octanol–water partition coefficient (Wildman–Crippen LogP) is 1.07. The first-order valence-electron chi connectivity index (χ1n) is 6.15. The smallest absolute Gasteiger partial charge is 0.330 e. The summed E-state index contributed by atoms with van der Waals surface area (Å²) >= 11 is 2.58. The molecule has 0 saturated carbocycles. The quantitative estimate of drug-likeness (QED) is 0.581. The lowest BCUT2D eigenvalue weighted by Gasteiger charge is -2.15. The Hall–Kier alpha value is -0.530. The lowest BCUT2D eigenvalue weighted by Crippen LogP contribution is -2.36. The van der Waals surface area contributed by atoms with Crippen LogP contribution < -0.4 is 5.32 Å². The van der Waals surface area contributed by atoms with Crippen LogP contribution in [0.3, 0.4) is 0 Å². The molecule has 1 aliphatic heterocycles.